The van der Waals surface area contributed by atoms with E-state index in [4.69, 9.17) is 4.99 Å². The molecule has 1 unspecified atom stereocenters. The third-order valence-electron chi connectivity index (χ3n) is 4.79. The van der Waals surface area contributed by atoms with Gasteiger partial charge in [-0.05, 0) is 38.7 Å². The maximum absolute atomic E-state index is 11.9. The van der Waals surface area contributed by atoms with Gasteiger partial charge in [0.05, 0.1) is 0 Å². The predicted molar refractivity (Wildman–Crippen MR) is 113 cm³/mol. The van der Waals surface area contributed by atoms with E-state index in [9.17, 15) is 4.79 Å². The summed E-state index contributed by atoms with van der Waals surface area (Å²) in [6.07, 6.45) is 1.96. The van der Waals surface area contributed by atoms with Crippen molar-refractivity contribution in [3.8, 4) is 0 Å². The highest BCUT2D eigenvalue weighted by Gasteiger charge is 2.24. The van der Waals surface area contributed by atoms with E-state index in [1.54, 1.807) is 6.07 Å². The van der Waals surface area contributed by atoms with Gasteiger partial charge in [-0.15, -0.1) is 0 Å². The van der Waals surface area contributed by atoms with Gasteiger partial charge in [0.15, 0.2) is 5.96 Å². The van der Waals surface area contributed by atoms with E-state index in [-0.39, 0.29) is 5.56 Å². The summed E-state index contributed by atoms with van der Waals surface area (Å²) in [5, 5.41) is 4.13. The van der Waals surface area contributed by atoms with Crippen LogP contribution in [0.25, 0.3) is 0 Å². The summed E-state index contributed by atoms with van der Waals surface area (Å²) < 4.78 is 1.85. The molecular weight excluding hydrogens is 344 g/mol. The van der Waals surface area contributed by atoms with Gasteiger partial charge in [-0.1, -0.05) is 19.9 Å². The van der Waals surface area contributed by atoms with Crippen LogP contribution in [0.3, 0.4) is 0 Å². The Morgan fingerprint density at radius 2 is 2.19 bits per heavy atom. The van der Waals surface area contributed by atoms with E-state index >= 15 is 0 Å². The summed E-state index contributed by atoms with van der Waals surface area (Å²) >= 11 is 2.09. The minimum Gasteiger partial charge on any atom is -0.357 e. The van der Waals surface area contributed by atoms with Crippen molar-refractivity contribution in [3.05, 3.63) is 34.2 Å². The van der Waals surface area contributed by atoms with Crippen LogP contribution in [-0.4, -0.2) is 52.6 Å². The minimum atomic E-state index is 0.0902. The third-order valence-corrected chi connectivity index (χ3v) is 6.33. The second-order valence-corrected chi connectivity index (χ2v) is 8.55. The standard InChI is InChI=1S/C20H34N4OS/c1-5-21-20(23-13-14-26-18(15-23)16(2)3)22-11-6-7-12-24-17(4)9-8-10-19(24)25/h8-10,16,18H,5-7,11-15H2,1-4H3,(H,21,22). The van der Waals surface area contributed by atoms with Crippen LogP contribution in [0.4, 0.5) is 0 Å². The molecule has 6 heteroatoms. The maximum atomic E-state index is 11.9. The molecule has 1 aromatic rings. The Morgan fingerprint density at radius 1 is 1.38 bits per heavy atom. The number of hydrogen-bond acceptors (Lipinski definition) is 3. The van der Waals surface area contributed by atoms with Crippen molar-refractivity contribution in [1.29, 1.82) is 0 Å². The van der Waals surface area contributed by atoms with Gasteiger partial charge >= 0.3 is 0 Å². The SMILES string of the molecule is CCNC(=NCCCCn1c(C)cccc1=O)N1CCSC(C(C)C)C1. The number of pyridine rings is 1. The molecule has 1 saturated heterocycles. The number of rotatable bonds is 7. The Morgan fingerprint density at radius 3 is 2.88 bits per heavy atom. The molecule has 1 atom stereocenters. The Kier molecular flexibility index (Phi) is 8.55. The van der Waals surface area contributed by atoms with Gasteiger partial charge in [0.2, 0.25) is 0 Å². The number of aromatic nitrogens is 1. The van der Waals surface area contributed by atoms with E-state index in [0.29, 0.717) is 11.2 Å². The van der Waals surface area contributed by atoms with Crippen LogP contribution in [0.5, 0.6) is 0 Å². The van der Waals surface area contributed by atoms with Gasteiger partial charge in [0, 0.05) is 55.5 Å². The van der Waals surface area contributed by atoms with Crippen LogP contribution in [-0.2, 0) is 6.54 Å². The molecule has 0 bridgehead atoms. The normalized spacial score (nSPS) is 18.4. The van der Waals surface area contributed by atoms with Gasteiger partial charge in [-0.2, -0.15) is 11.8 Å². The van der Waals surface area contributed by atoms with Crippen molar-refractivity contribution >= 4 is 17.7 Å². The second kappa shape index (κ2) is 10.7. The Bertz CT molecular complexity index is 641. The maximum Gasteiger partial charge on any atom is 0.250 e. The van der Waals surface area contributed by atoms with Gasteiger partial charge in [-0.3, -0.25) is 9.79 Å². The average molecular weight is 379 g/mol. The molecule has 1 fully saturated rings. The van der Waals surface area contributed by atoms with Crippen LogP contribution in [0.15, 0.2) is 28.0 Å². The lowest BCUT2D eigenvalue weighted by Gasteiger charge is -2.36. The zero-order valence-corrected chi connectivity index (χ0v) is 17.5. The molecular formula is C20H34N4OS. The smallest absolute Gasteiger partial charge is 0.250 e. The summed E-state index contributed by atoms with van der Waals surface area (Å²) in [4.78, 5) is 19.2. The zero-order valence-electron chi connectivity index (χ0n) is 16.7. The van der Waals surface area contributed by atoms with E-state index in [1.807, 2.05) is 23.6 Å². The lowest BCUT2D eigenvalue weighted by Crippen LogP contribution is -2.49. The number of guanidine groups is 1. The fourth-order valence-corrected chi connectivity index (χ4v) is 4.47. The van der Waals surface area contributed by atoms with Crippen LogP contribution in [0.2, 0.25) is 0 Å². The number of aliphatic imine (C=N–C) groups is 1. The molecule has 0 aromatic carbocycles. The number of aryl methyl sites for hydroxylation is 1. The molecule has 0 aliphatic carbocycles. The van der Waals surface area contributed by atoms with E-state index in [0.717, 1.165) is 57.2 Å². The molecule has 1 aromatic heterocycles. The molecule has 0 saturated carbocycles. The topological polar surface area (TPSA) is 49.6 Å². The van der Waals surface area contributed by atoms with Crippen molar-refractivity contribution in [2.75, 3.05) is 31.9 Å². The molecule has 2 heterocycles. The second-order valence-electron chi connectivity index (χ2n) is 7.20. The van der Waals surface area contributed by atoms with Crippen molar-refractivity contribution < 1.29 is 0 Å². The van der Waals surface area contributed by atoms with Crippen molar-refractivity contribution in [3.63, 3.8) is 0 Å². The van der Waals surface area contributed by atoms with E-state index in [2.05, 4.69) is 42.7 Å². The molecule has 2 rings (SSSR count). The van der Waals surface area contributed by atoms with Crippen LogP contribution >= 0.6 is 11.8 Å². The van der Waals surface area contributed by atoms with E-state index < -0.39 is 0 Å². The fourth-order valence-electron chi connectivity index (χ4n) is 3.17. The predicted octanol–water partition coefficient (Wildman–Crippen LogP) is 2.98. The summed E-state index contributed by atoms with van der Waals surface area (Å²) in [5.74, 6) is 2.91. The summed E-state index contributed by atoms with van der Waals surface area (Å²) in [6.45, 7) is 13.3. The number of nitrogens with zero attached hydrogens (tertiary/aromatic N) is 3. The minimum absolute atomic E-state index is 0.0902. The number of thioether (sulfide) groups is 1. The molecule has 146 valence electrons. The number of nitrogens with one attached hydrogen (secondary N) is 1. The number of hydrogen-bond donors (Lipinski definition) is 1. The average Bonchev–Trinajstić information content (AvgIpc) is 2.62. The highest BCUT2D eigenvalue weighted by molar-refractivity contribution is 8.00. The zero-order chi connectivity index (χ0) is 18.9. The lowest BCUT2D eigenvalue weighted by atomic mass is 10.1. The molecule has 1 aliphatic heterocycles. The summed E-state index contributed by atoms with van der Waals surface area (Å²) in [5.41, 5.74) is 1.12. The van der Waals surface area contributed by atoms with Crippen molar-refractivity contribution in [2.45, 2.75) is 52.3 Å². The van der Waals surface area contributed by atoms with Crippen LogP contribution < -0.4 is 10.9 Å². The van der Waals surface area contributed by atoms with Gasteiger partial charge in [0.25, 0.3) is 5.56 Å². The molecule has 1 aliphatic rings. The molecule has 5 nitrogen and oxygen atoms in total. The molecule has 0 radical (unpaired) electrons. The fraction of sp³-hybridized carbons (Fsp3) is 0.700. The first-order valence-electron chi connectivity index (χ1n) is 9.84. The van der Waals surface area contributed by atoms with E-state index in [1.165, 1.54) is 5.75 Å². The summed E-state index contributed by atoms with van der Waals surface area (Å²) in [7, 11) is 0. The first-order chi connectivity index (χ1) is 12.5. The number of unbranched alkanes of at least 4 members (excludes halogenated alkanes) is 1. The molecule has 0 amide bonds. The highest BCUT2D eigenvalue weighted by Crippen LogP contribution is 2.24. The van der Waals surface area contributed by atoms with Crippen molar-refractivity contribution in [2.24, 2.45) is 10.9 Å². The van der Waals surface area contributed by atoms with Crippen LogP contribution in [0, 0.1) is 12.8 Å². The van der Waals surface area contributed by atoms with Gasteiger partial charge < -0.3 is 14.8 Å². The summed E-state index contributed by atoms with van der Waals surface area (Å²) in [6, 6.07) is 5.44. The first-order valence-corrected chi connectivity index (χ1v) is 10.9. The third kappa shape index (κ3) is 6.08. The Hall–Kier alpha value is -1.43. The monoisotopic (exact) mass is 378 g/mol. The molecule has 26 heavy (non-hydrogen) atoms. The molecule has 1 N–H and O–H groups in total. The molecule has 0 spiro atoms. The Balaban J connectivity index is 1.86. The quantitative estimate of drug-likeness (QED) is 0.450. The first kappa shape index (κ1) is 20.9. The van der Waals surface area contributed by atoms with Crippen molar-refractivity contribution in [1.82, 2.24) is 14.8 Å². The van der Waals surface area contributed by atoms with Gasteiger partial charge in [-0.25, -0.2) is 0 Å². The highest BCUT2D eigenvalue weighted by atomic mass is 32.2. The van der Waals surface area contributed by atoms with Gasteiger partial charge in [0.1, 0.15) is 0 Å². The lowest BCUT2D eigenvalue weighted by molar-refractivity contribution is 0.380. The largest absolute Gasteiger partial charge is 0.357 e. The van der Waals surface area contributed by atoms with Crippen LogP contribution in [0.1, 0.15) is 39.3 Å². The Labute approximate surface area is 162 Å².